The standard InChI is InChI=1S/C21H23N5O5S/c1-26-19(17(11-27)23-20(30)13-6-8-16(31-2)9-7-13)24-25-21(26)32-12-18(29)22-14-4-3-5-15(28)10-14/h3-10,17,27-28H,11-12H2,1-2H3,(H,22,29)(H,23,30)/t17-/m1/s1. The number of thioether (sulfide) groups is 1. The molecule has 0 unspecified atom stereocenters. The summed E-state index contributed by atoms with van der Waals surface area (Å²) in [5.74, 6) is 0.434. The highest BCUT2D eigenvalue weighted by atomic mass is 32.2. The number of amides is 2. The van der Waals surface area contributed by atoms with Crippen molar-refractivity contribution in [3.05, 3.63) is 59.9 Å². The van der Waals surface area contributed by atoms with Crippen LogP contribution in [0.25, 0.3) is 0 Å². The molecule has 0 aliphatic rings. The molecule has 4 N–H and O–H groups in total. The fourth-order valence-corrected chi connectivity index (χ4v) is 3.56. The Bertz CT molecular complexity index is 1090. The highest BCUT2D eigenvalue weighted by Crippen LogP contribution is 2.21. The molecule has 2 aromatic carbocycles. The quantitative estimate of drug-likeness (QED) is 0.356. The number of anilines is 1. The number of hydrogen-bond acceptors (Lipinski definition) is 8. The van der Waals surface area contributed by atoms with Crippen molar-refractivity contribution >= 4 is 29.3 Å². The SMILES string of the molecule is COc1ccc(C(=O)N[C@H](CO)c2nnc(SCC(=O)Nc3cccc(O)c3)n2C)cc1. The van der Waals surface area contributed by atoms with Gasteiger partial charge in [0.15, 0.2) is 11.0 Å². The maximum atomic E-state index is 12.5. The number of benzene rings is 2. The molecule has 3 rings (SSSR count). The number of aliphatic hydroxyl groups excluding tert-OH is 1. The Hall–Kier alpha value is -3.57. The lowest BCUT2D eigenvalue weighted by molar-refractivity contribution is -0.113. The van der Waals surface area contributed by atoms with Gasteiger partial charge in [0, 0.05) is 24.4 Å². The number of nitrogens with one attached hydrogen (secondary N) is 2. The Balaban J connectivity index is 1.61. The van der Waals surface area contributed by atoms with Gasteiger partial charge in [0.25, 0.3) is 5.91 Å². The largest absolute Gasteiger partial charge is 0.508 e. The van der Waals surface area contributed by atoms with E-state index in [1.165, 1.54) is 19.2 Å². The van der Waals surface area contributed by atoms with Crippen LogP contribution in [0.2, 0.25) is 0 Å². The molecule has 0 radical (unpaired) electrons. The Morgan fingerprint density at radius 3 is 2.59 bits per heavy atom. The molecule has 0 saturated carbocycles. The molecule has 1 atom stereocenters. The molecular weight excluding hydrogens is 434 g/mol. The molecule has 2 amide bonds. The summed E-state index contributed by atoms with van der Waals surface area (Å²) in [4.78, 5) is 24.7. The van der Waals surface area contributed by atoms with Crippen LogP contribution in [0.15, 0.2) is 53.7 Å². The highest BCUT2D eigenvalue weighted by molar-refractivity contribution is 7.99. The zero-order valence-corrected chi connectivity index (χ0v) is 18.3. The maximum absolute atomic E-state index is 12.5. The van der Waals surface area contributed by atoms with Crippen molar-refractivity contribution in [3.8, 4) is 11.5 Å². The van der Waals surface area contributed by atoms with Crippen LogP contribution in [0.3, 0.4) is 0 Å². The summed E-state index contributed by atoms with van der Waals surface area (Å²) in [5.41, 5.74) is 0.889. The summed E-state index contributed by atoms with van der Waals surface area (Å²) in [6.45, 7) is -0.378. The fraction of sp³-hybridized carbons (Fsp3) is 0.238. The number of aromatic nitrogens is 3. The van der Waals surface area contributed by atoms with E-state index in [0.717, 1.165) is 11.8 Å². The van der Waals surface area contributed by atoms with Gasteiger partial charge in [0.1, 0.15) is 17.5 Å². The Morgan fingerprint density at radius 1 is 1.19 bits per heavy atom. The molecule has 0 aliphatic carbocycles. The zero-order chi connectivity index (χ0) is 23.1. The second kappa shape index (κ2) is 10.6. The number of nitrogens with zero attached hydrogens (tertiary/aromatic N) is 3. The third kappa shape index (κ3) is 5.77. The zero-order valence-electron chi connectivity index (χ0n) is 17.5. The third-order valence-corrected chi connectivity index (χ3v) is 5.50. The second-order valence-electron chi connectivity index (χ2n) is 6.72. The van der Waals surface area contributed by atoms with Crippen LogP contribution in [0.1, 0.15) is 22.2 Å². The van der Waals surface area contributed by atoms with E-state index >= 15 is 0 Å². The average molecular weight is 458 g/mol. The van der Waals surface area contributed by atoms with E-state index in [9.17, 15) is 19.8 Å². The molecule has 0 spiro atoms. The predicted octanol–water partition coefficient (Wildman–Crippen LogP) is 1.72. The van der Waals surface area contributed by atoms with Crippen molar-refractivity contribution in [2.24, 2.45) is 7.05 Å². The first-order valence-electron chi connectivity index (χ1n) is 9.58. The topological polar surface area (TPSA) is 139 Å². The number of ether oxygens (including phenoxy) is 1. The smallest absolute Gasteiger partial charge is 0.251 e. The molecule has 1 heterocycles. The van der Waals surface area contributed by atoms with E-state index in [4.69, 9.17) is 4.74 Å². The van der Waals surface area contributed by atoms with E-state index in [0.29, 0.717) is 28.0 Å². The first-order chi connectivity index (χ1) is 15.4. The van der Waals surface area contributed by atoms with E-state index in [1.807, 2.05) is 0 Å². The van der Waals surface area contributed by atoms with Gasteiger partial charge in [-0.05, 0) is 36.4 Å². The molecule has 1 aromatic heterocycles. The molecular formula is C21H23N5O5S. The van der Waals surface area contributed by atoms with E-state index in [1.54, 1.807) is 48.0 Å². The summed E-state index contributed by atoms with van der Waals surface area (Å²) in [6, 6.07) is 12.0. The van der Waals surface area contributed by atoms with E-state index < -0.39 is 6.04 Å². The van der Waals surface area contributed by atoms with Gasteiger partial charge in [0.2, 0.25) is 5.91 Å². The van der Waals surface area contributed by atoms with Crippen LogP contribution in [0.5, 0.6) is 11.5 Å². The molecule has 0 aliphatic heterocycles. The number of aromatic hydroxyl groups is 1. The van der Waals surface area contributed by atoms with Crippen LogP contribution in [0.4, 0.5) is 5.69 Å². The van der Waals surface area contributed by atoms with Crippen LogP contribution >= 0.6 is 11.8 Å². The van der Waals surface area contributed by atoms with Crippen molar-refractivity contribution in [1.29, 1.82) is 0 Å². The molecule has 0 bridgehead atoms. The molecule has 10 nitrogen and oxygen atoms in total. The Kier molecular flexibility index (Phi) is 7.68. The number of phenols is 1. The van der Waals surface area contributed by atoms with Gasteiger partial charge in [-0.25, -0.2) is 0 Å². The van der Waals surface area contributed by atoms with Gasteiger partial charge in [-0.15, -0.1) is 10.2 Å². The number of methoxy groups -OCH3 is 1. The van der Waals surface area contributed by atoms with Gasteiger partial charge in [0.05, 0.1) is 19.5 Å². The number of phenolic OH excluding ortho intramolecular Hbond substituents is 1. The van der Waals surface area contributed by atoms with Crippen molar-refractivity contribution in [3.63, 3.8) is 0 Å². The summed E-state index contributed by atoms with van der Waals surface area (Å²) in [6.07, 6.45) is 0. The minimum Gasteiger partial charge on any atom is -0.508 e. The number of carbonyl (C=O) groups is 2. The Morgan fingerprint density at radius 2 is 1.94 bits per heavy atom. The van der Waals surface area contributed by atoms with Gasteiger partial charge < -0.3 is 30.2 Å². The Labute approximate surface area is 188 Å². The lowest BCUT2D eigenvalue weighted by Gasteiger charge is -2.16. The van der Waals surface area contributed by atoms with E-state index in [2.05, 4.69) is 20.8 Å². The van der Waals surface area contributed by atoms with Gasteiger partial charge >= 0.3 is 0 Å². The number of carbonyl (C=O) groups excluding carboxylic acids is 2. The number of aliphatic hydroxyl groups is 1. The molecule has 3 aromatic rings. The van der Waals surface area contributed by atoms with Crippen molar-refractivity contribution in [2.45, 2.75) is 11.2 Å². The first kappa shape index (κ1) is 23.1. The number of rotatable bonds is 9. The summed E-state index contributed by atoms with van der Waals surface area (Å²) in [7, 11) is 3.23. The maximum Gasteiger partial charge on any atom is 0.251 e. The first-order valence-corrected chi connectivity index (χ1v) is 10.6. The summed E-state index contributed by atoms with van der Waals surface area (Å²) >= 11 is 1.15. The molecule has 0 fully saturated rings. The van der Waals surface area contributed by atoms with E-state index in [-0.39, 0.29) is 29.9 Å². The normalized spacial score (nSPS) is 11.6. The lowest BCUT2D eigenvalue weighted by atomic mass is 10.2. The number of hydrogen-bond donors (Lipinski definition) is 4. The van der Waals surface area contributed by atoms with Crippen molar-refractivity contribution in [1.82, 2.24) is 20.1 Å². The molecule has 32 heavy (non-hydrogen) atoms. The van der Waals surface area contributed by atoms with Crippen LogP contribution in [-0.2, 0) is 11.8 Å². The average Bonchev–Trinajstić information content (AvgIpc) is 3.16. The summed E-state index contributed by atoms with van der Waals surface area (Å²) < 4.78 is 6.69. The lowest BCUT2D eigenvalue weighted by Crippen LogP contribution is -2.32. The van der Waals surface area contributed by atoms with Gasteiger partial charge in [-0.2, -0.15) is 0 Å². The van der Waals surface area contributed by atoms with Crippen molar-refractivity contribution < 1.29 is 24.5 Å². The second-order valence-corrected chi connectivity index (χ2v) is 7.67. The van der Waals surface area contributed by atoms with Gasteiger partial charge in [-0.1, -0.05) is 17.8 Å². The van der Waals surface area contributed by atoms with Crippen molar-refractivity contribution in [2.75, 3.05) is 24.8 Å². The summed E-state index contributed by atoms with van der Waals surface area (Å²) in [5, 5.41) is 33.2. The monoisotopic (exact) mass is 457 g/mol. The van der Waals surface area contributed by atoms with Crippen LogP contribution in [-0.4, -0.2) is 56.3 Å². The van der Waals surface area contributed by atoms with Gasteiger partial charge in [-0.3, -0.25) is 9.59 Å². The fourth-order valence-electron chi connectivity index (χ4n) is 2.84. The predicted molar refractivity (Wildman–Crippen MR) is 119 cm³/mol. The van der Waals surface area contributed by atoms with Crippen LogP contribution < -0.4 is 15.4 Å². The minimum atomic E-state index is -0.780. The van der Waals surface area contributed by atoms with Crippen LogP contribution in [0, 0.1) is 0 Å². The third-order valence-electron chi connectivity index (χ3n) is 4.48. The molecule has 168 valence electrons. The molecule has 11 heteroatoms. The highest BCUT2D eigenvalue weighted by Gasteiger charge is 2.22. The minimum absolute atomic E-state index is 0.0557. The molecule has 0 saturated heterocycles.